The number of hydrogen-bond donors (Lipinski definition) is 1. The van der Waals surface area contributed by atoms with Crippen LogP contribution in [0.15, 0.2) is 24.3 Å². The fraction of sp³-hybridized carbons (Fsp3) is 0.625. The Balaban J connectivity index is 1.72. The van der Waals surface area contributed by atoms with Gasteiger partial charge in [0.1, 0.15) is 5.82 Å². The van der Waals surface area contributed by atoms with Crippen molar-refractivity contribution in [1.82, 2.24) is 4.90 Å². The fourth-order valence-electron chi connectivity index (χ4n) is 2.74. The molecule has 1 saturated heterocycles. The molecule has 1 heterocycles. The standard InChI is InChI=1S/C16H24FNO/c1-13(19)6-9-18-10-7-15(8-11-18)12-14-2-4-16(17)5-3-14/h2-5,13,15,19H,6-12H2,1H3. The lowest BCUT2D eigenvalue weighted by Gasteiger charge is -2.32. The van der Waals surface area contributed by atoms with Crippen LogP contribution in [0.3, 0.4) is 0 Å². The van der Waals surface area contributed by atoms with Gasteiger partial charge in [0.25, 0.3) is 0 Å². The number of aliphatic hydroxyl groups is 1. The highest BCUT2D eigenvalue weighted by Crippen LogP contribution is 2.22. The second-order valence-corrected chi connectivity index (χ2v) is 5.75. The average molecular weight is 265 g/mol. The van der Waals surface area contributed by atoms with Gasteiger partial charge in [-0.2, -0.15) is 0 Å². The molecular formula is C16H24FNO. The third-order valence-corrected chi connectivity index (χ3v) is 4.01. The number of benzene rings is 1. The minimum atomic E-state index is -0.197. The number of piperidine rings is 1. The average Bonchev–Trinajstić information content (AvgIpc) is 2.40. The molecule has 1 N–H and O–H groups in total. The Bertz CT molecular complexity index is 369. The predicted molar refractivity (Wildman–Crippen MR) is 75.6 cm³/mol. The van der Waals surface area contributed by atoms with Gasteiger partial charge in [0, 0.05) is 6.54 Å². The Morgan fingerprint density at radius 2 is 1.89 bits per heavy atom. The van der Waals surface area contributed by atoms with Gasteiger partial charge in [-0.15, -0.1) is 0 Å². The molecule has 3 heteroatoms. The van der Waals surface area contributed by atoms with Crippen molar-refractivity contribution in [3.63, 3.8) is 0 Å². The summed E-state index contributed by atoms with van der Waals surface area (Å²) in [4.78, 5) is 2.44. The van der Waals surface area contributed by atoms with Crippen molar-refractivity contribution in [2.24, 2.45) is 5.92 Å². The highest BCUT2D eigenvalue weighted by Gasteiger charge is 2.19. The number of likely N-dealkylation sites (tertiary alicyclic amines) is 1. The van der Waals surface area contributed by atoms with Crippen LogP contribution < -0.4 is 0 Å². The molecule has 0 amide bonds. The van der Waals surface area contributed by atoms with Crippen LogP contribution in [-0.2, 0) is 6.42 Å². The summed E-state index contributed by atoms with van der Waals surface area (Å²) in [6.07, 6.45) is 4.14. The van der Waals surface area contributed by atoms with E-state index in [1.54, 1.807) is 12.1 Å². The highest BCUT2D eigenvalue weighted by molar-refractivity contribution is 5.16. The molecule has 1 unspecified atom stereocenters. The maximum Gasteiger partial charge on any atom is 0.123 e. The van der Waals surface area contributed by atoms with E-state index >= 15 is 0 Å². The van der Waals surface area contributed by atoms with Crippen LogP contribution in [0.4, 0.5) is 4.39 Å². The smallest absolute Gasteiger partial charge is 0.123 e. The molecule has 0 spiro atoms. The summed E-state index contributed by atoms with van der Waals surface area (Å²) in [6, 6.07) is 6.89. The molecule has 2 nitrogen and oxygen atoms in total. The molecule has 2 rings (SSSR count). The lowest BCUT2D eigenvalue weighted by atomic mass is 9.90. The van der Waals surface area contributed by atoms with Gasteiger partial charge in [-0.05, 0) is 69.3 Å². The van der Waals surface area contributed by atoms with Crippen LogP contribution in [0.5, 0.6) is 0 Å². The van der Waals surface area contributed by atoms with Gasteiger partial charge >= 0.3 is 0 Å². The fourth-order valence-corrected chi connectivity index (χ4v) is 2.74. The van der Waals surface area contributed by atoms with Crippen molar-refractivity contribution in [2.75, 3.05) is 19.6 Å². The van der Waals surface area contributed by atoms with Gasteiger partial charge in [-0.1, -0.05) is 12.1 Å². The molecule has 0 aliphatic carbocycles. The van der Waals surface area contributed by atoms with E-state index in [0.29, 0.717) is 5.92 Å². The van der Waals surface area contributed by atoms with Crippen molar-refractivity contribution >= 4 is 0 Å². The molecule has 1 aromatic carbocycles. The zero-order valence-electron chi connectivity index (χ0n) is 11.7. The molecule has 0 aromatic heterocycles. The van der Waals surface area contributed by atoms with E-state index in [1.807, 2.05) is 19.1 Å². The van der Waals surface area contributed by atoms with E-state index in [-0.39, 0.29) is 11.9 Å². The zero-order valence-corrected chi connectivity index (χ0v) is 11.7. The molecule has 19 heavy (non-hydrogen) atoms. The van der Waals surface area contributed by atoms with Crippen LogP contribution in [-0.4, -0.2) is 35.7 Å². The molecule has 0 bridgehead atoms. The predicted octanol–water partition coefficient (Wildman–Crippen LogP) is 2.85. The zero-order chi connectivity index (χ0) is 13.7. The summed E-state index contributed by atoms with van der Waals surface area (Å²) in [5.41, 5.74) is 1.24. The van der Waals surface area contributed by atoms with E-state index in [0.717, 1.165) is 32.5 Å². The van der Waals surface area contributed by atoms with Crippen LogP contribution in [0.2, 0.25) is 0 Å². The summed E-state index contributed by atoms with van der Waals surface area (Å²) in [5, 5.41) is 9.29. The third-order valence-electron chi connectivity index (χ3n) is 4.01. The lowest BCUT2D eigenvalue weighted by Crippen LogP contribution is -2.35. The van der Waals surface area contributed by atoms with Crippen molar-refractivity contribution in [3.8, 4) is 0 Å². The molecule has 0 saturated carbocycles. The van der Waals surface area contributed by atoms with Crippen molar-refractivity contribution in [1.29, 1.82) is 0 Å². The lowest BCUT2D eigenvalue weighted by molar-refractivity contribution is 0.133. The number of rotatable bonds is 5. The molecule has 0 radical (unpaired) electrons. The third kappa shape index (κ3) is 4.92. The summed E-state index contributed by atoms with van der Waals surface area (Å²) >= 11 is 0. The Hall–Kier alpha value is -0.930. The number of halogens is 1. The van der Waals surface area contributed by atoms with Crippen molar-refractivity contribution in [2.45, 2.75) is 38.7 Å². The van der Waals surface area contributed by atoms with E-state index in [2.05, 4.69) is 4.90 Å². The minimum absolute atomic E-state index is 0.156. The Morgan fingerprint density at radius 3 is 2.47 bits per heavy atom. The second-order valence-electron chi connectivity index (χ2n) is 5.75. The monoisotopic (exact) mass is 265 g/mol. The molecule has 1 aromatic rings. The van der Waals surface area contributed by atoms with Gasteiger partial charge in [-0.3, -0.25) is 0 Å². The SMILES string of the molecule is CC(O)CCN1CCC(Cc2ccc(F)cc2)CC1. The molecule has 1 aliphatic rings. The van der Waals surface area contributed by atoms with Crippen LogP contribution in [0, 0.1) is 11.7 Å². The second kappa shape index (κ2) is 7.01. The van der Waals surface area contributed by atoms with Gasteiger partial charge < -0.3 is 10.0 Å². The van der Waals surface area contributed by atoms with Gasteiger partial charge in [-0.25, -0.2) is 4.39 Å². The Kier molecular flexibility index (Phi) is 5.34. The van der Waals surface area contributed by atoms with Crippen LogP contribution >= 0.6 is 0 Å². The summed E-state index contributed by atoms with van der Waals surface area (Å²) in [7, 11) is 0. The maximum atomic E-state index is 12.8. The van der Waals surface area contributed by atoms with Gasteiger partial charge in [0.05, 0.1) is 6.10 Å². The highest BCUT2D eigenvalue weighted by atomic mass is 19.1. The van der Waals surface area contributed by atoms with Gasteiger partial charge in [0.2, 0.25) is 0 Å². The number of nitrogens with zero attached hydrogens (tertiary/aromatic N) is 1. The van der Waals surface area contributed by atoms with Gasteiger partial charge in [0.15, 0.2) is 0 Å². The number of aliphatic hydroxyl groups excluding tert-OH is 1. The molecule has 1 fully saturated rings. The Labute approximate surface area is 115 Å². The summed E-state index contributed by atoms with van der Waals surface area (Å²) in [5.74, 6) is 0.560. The first-order chi connectivity index (χ1) is 9.13. The molecule has 106 valence electrons. The number of hydrogen-bond acceptors (Lipinski definition) is 2. The Morgan fingerprint density at radius 1 is 1.26 bits per heavy atom. The minimum Gasteiger partial charge on any atom is -0.393 e. The molecule has 1 atom stereocenters. The van der Waals surface area contributed by atoms with E-state index in [1.165, 1.54) is 18.4 Å². The van der Waals surface area contributed by atoms with E-state index in [9.17, 15) is 9.50 Å². The largest absolute Gasteiger partial charge is 0.393 e. The first kappa shape index (κ1) is 14.5. The maximum absolute atomic E-state index is 12.8. The van der Waals surface area contributed by atoms with Crippen LogP contribution in [0.1, 0.15) is 31.7 Å². The topological polar surface area (TPSA) is 23.5 Å². The normalized spacial score (nSPS) is 19.5. The quantitative estimate of drug-likeness (QED) is 0.885. The molecular weight excluding hydrogens is 241 g/mol. The summed E-state index contributed by atoms with van der Waals surface area (Å²) in [6.45, 7) is 5.10. The van der Waals surface area contributed by atoms with E-state index < -0.39 is 0 Å². The van der Waals surface area contributed by atoms with Crippen LogP contribution in [0.25, 0.3) is 0 Å². The van der Waals surface area contributed by atoms with E-state index in [4.69, 9.17) is 0 Å². The molecule has 1 aliphatic heterocycles. The first-order valence-electron chi connectivity index (χ1n) is 7.28. The first-order valence-corrected chi connectivity index (χ1v) is 7.28. The van der Waals surface area contributed by atoms with Crippen molar-refractivity contribution in [3.05, 3.63) is 35.6 Å². The summed E-state index contributed by atoms with van der Waals surface area (Å²) < 4.78 is 12.8. The van der Waals surface area contributed by atoms with Crippen molar-refractivity contribution < 1.29 is 9.50 Å².